The molecule has 3 aliphatic heterocycles. The second kappa shape index (κ2) is 10.9. The minimum atomic E-state index is -1.03. The molecular formula is C36H30N3O6+. The monoisotopic (exact) mass is 600 g/mol. The second-order valence-corrected chi connectivity index (χ2v) is 11.2. The first-order valence-corrected chi connectivity index (χ1v) is 14.7. The molecule has 3 aromatic rings. The van der Waals surface area contributed by atoms with Crippen molar-refractivity contribution in [1.82, 2.24) is 9.80 Å². The van der Waals surface area contributed by atoms with Crippen LogP contribution in [-0.4, -0.2) is 60.4 Å². The first-order valence-electron chi connectivity index (χ1n) is 14.7. The highest BCUT2D eigenvalue weighted by molar-refractivity contribution is 6.13. The number of imide groups is 1. The Kier molecular flexibility index (Phi) is 6.81. The minimum absolute atomic E-state index is 0.156. The van der Waals surface area contributed by atoms with Gasteiger partial charge in [-0.05, 0) is 39.5 Å². The minimum Gasteiger partial charge on any atom is -0.466 e. The van der Waals surface area contributed by atoms with E-state index in [1.165, 1.54) is 31.3 Å². The number of hydrogen-bond acceptors (Lipinski definition) is 7. The molecule has 2 aromatic carbocycles. The van der Waals surface area contributed by atoms with E-state index in [4.69, 9.17) is 9.47 Å². The van der Waals surface area contributed by atoms with Gasteiger partial charge in [0.1, 0.15) is 12.2 Å². The third-order valence-electron chi connectivity index (χ3n) is 9.07. The van der Waals surface area contributed by atoms with Gasteiger partial charge in [0.15, 0.2) is 12.4 Å². The van der Waals surface area contributed by atoms with Crippen molar-refractivity contribution in [3.63, 3.8) is 0 Å². The number of methoxy groups -OCH3 is 2. The molecule has 0 radical (unpaired) electrons. The molecule has 1 aliphatic carbocycles. The smallest absolute Gasteiger partial charge is 0.355 e. The van der Waals surface area contributed by atoms with Gasteiger partial charge in [-0.2, -0.15) is 0 Å². The molecule has 224 valence electrons. The number of nitrogens with zero attached hydrogens (tertiary/aromatic N) is 3. The summed E-state index contributed by atoms with van der Waals surface area (Å²) in [7, 11) is 2.64. The largest absolute Gasteiger partial charge is 0.466 e. The second-order valence-electron chi connectivity index (χ2n) is 11.2. The van der Waals surface area contributed by atoms with Crippen LogP contribution in [0, 0.1) is 0 Å². The maximum absolute atomic E-state index is 13.8. The number of carbonyl (C=O) groups is 4. The number of hydrogen-bond donors (Lipinski definition) is 0. The van der Waals surface area contributed by atoms with Crippen LogP contribution in [-0.2, 0) is 40.6 Å². The molecule has 4 heterocycles. The fraction of sp³-hybridized carbons (Fsp3) is 0.194. The van der Waals surface area contributed by atoms with E-state index in [1.54, 1.807) is 0 Å². The van der Waals surface area contributed by atoms with Gasteiger partial charge in [0.05, 0.1) is 31.2 Å². The predicted molar refractivity (Wildman–Crippen MR) is 164 cm³/mol. The number of amides is 2. The number of fused-ring (bicyclic) bond motifs is 7. The lowest BCUT2D eigenvalue weighted by Crippen LogP contribution is -2.44. The molecule has 0 fully saturated rings. The lowest BCUT2D eigenvalue weighted by Gasteiger charge is -2.38. The van der Waals surface area contributed by atoms with Crippen LogP contribution in [0.1, 0.15) is 23.1 Å². The number of pyridine rings is 1. The molecular weight excluding hydrogens is 570 g/mol. The van der Waals surface area contributed by atoms with Gasteiger partial charge >= 0.3 is 11.9 Å². The van der Waals surface area contributed by atoms with E-state index in [0.29, 0.717) is 19.5 Å². The zero-order valence-electron chi connectivity index (χ0n) is 24.8. The molecule has 7 rings (SSSR count). The van der Waals surface area contributed by atoms with E-state index in [-0.39, 0.29) is 23.1 Å². The van der Waals surface area contributed by atoms with E-state index in [9.17, 15) is 19.2 Å². The molecule has 1 unspecified atom stereocenters. The lowest BCUT2D eigenvalue weighted by molar-refractivity contribution is -0.697. The number of aryl methyl sites for hydroxylation is 1. The number of ether oxygens (including phenoxy) is 2. The van der Waals surface area contributed by atoms with Crippen molar-refractivity contribution < 1.29 is 33.2 Å². The van der Waals surface area contributed by atoms with Crippen LogP contribution in [0.5, 0.6) is 0 Å². The first kappa shape index (κ1) is 28.2. The number of benzene rings is 2. The summed E-state index contributed by atoms with van der Waals surface area (Å²) in [6.07, 6.45) is 13.0. The summed E-state index contributed by atoms with van der Waals surface area (Å²) in [6, 6.07) is 19.5. The predicted octanol–water partition coefficient (Wildman–Crippen LogP) is 3.45. The highest BCUT2D eigenvalue weighted by Gasteiger charge is 2.62. The number of allylic oxidation sites excluding steroid dienone is 2. The summed E-state index contributed by atoms with van der Waals surface area (Å²) in [5.74, 6) is -1.76. The van der Waals surface area contributed by atoms with Crippen LogP contribution in [0.15, 0.2) is 115 Å². The SMILES string of the molecule is COC(=O)C1=C(C(=O)OC)C2(c3ccccc3-c3ccccc32)C2C=C(c3cc[n+](CCCN4C(=O)C=CC4=O)cc3)C=CN12. The fourth-order valence-electron chi connectivity index (χ4n) is 7.15. The molecule has 1 atom stereocenters. The van der Waals surface area contributed by atoms with E-state index in [0.717, 1.165) is 33.4 Å². The summed E-state index contributed by atoms with van der Waals surface area (Å²) >= 11 is 0. The Morgan fingerprint density at radius 2 is 1.42 bits per heavy atom. The Balaban J connectivity index is 1.29. The van der Waals surface area contributed by atoms with E-state index >= 15 is 0 Å². The molecule has 2 amide bonds. The van der Waals surface area contributed by atoms with E-state index in [2.05, 4.69) is 6.08 Å². The summed E-state index contributed by atoms with van der Waals surface area (Å²) in [4.78, 5) is 54.0. The van der Waals surface area contributed by atoms with Crippen molar-refractivity contribution in [2.24, 2.45) is 0 Å². The molecule has 9 heteroatoms. The molecule has 0 saturated heterocycles. The Morgan fingerprint density at radius 3 is 2.02 bits per heavy atom. The van der Waals surface area contributed by atoms with Gasteiger partial charge in [-0.25, -0.2) is 14.2 Å². The van der Waals surface area contributed by atoms with E-state index in [1.807, 2.05) is 94.8 Å². The molecule has 1 aromatic heterocycles. The summed E-state index contributed by atoms with van der Waals surface area (Å²) in [6.45, 7) is 0.988. The maximum atomic E-state index is 13.8. The van der Waals surface area contributed by atoms with Gasteiger partial charge in [0.2, 0.25) is 0 Å². The van der Waals surface area contributed by atoms with Crippen LogP contribution in [0.25, 0.3) is 16.7 Å². The molecule has 9 nitrogen and oxygen atoms in total. The van der Waals surface area contributed by atoms with Crippen LogP contribution < -0.4 is 4.57 Å². The maximum Gasteiger partial charge on any atom is 0.355 e. The standard InChI is InChI=1S/C36H30N3O6/c1-44-34(42)32-33(35(43)45-2)38-21-16-24(23-14-19-37(20-15-23)17-7-18-39-30(40)12-13-31(39)41)22-29(38)36(32)27-10-5-3-8-25(27)26-9-4-6-11-28(26)36/h3-6,8-16,19-22,29H,7,17-18H2,1-2H3/q+1. The van der Waals surface area contributed by atoms with Gasteiger partial charge in [-0.1, -0.05) is 54.6 Å². The van der Waals surface area contributed by atoms with Gasteiger partial charge in [0.25, 0.3) is 11.8 Å². The zero-order valence-corrected chi connectivity index (χ0v) is 24.8. The summed E-state index contributed by atoms with van der Waals surface area (Å²) < 4.78 is 12.6. The van der Waals surface area contributed by atoms with Crippen molar-refractivity contribution in [1.29, 1.82) is 0 Å². The van der Waals surface area contributed by atoms with Crippen LogP contribution >= 0.6 is 0 Å². The Bertz CT molecular complexity index is 1840. The normalized spacial score (nSPS) is 18.7. The van der Waals surface area contributed by atoms with Crippen molar-refractivity contribution in [2.75, 3.05) is 20.8 Å². The number of esters is 2. The lowest BCUT2D eigenvalue weighted by atomic mass is 9.67. The van der Waals surface area contributed by atoms with Crippen LogP contribution in [0.4, 0.5) is 0 Å². The summed E-state index contributed by atoms with van der Waals surface area (Å²) in [5.41, 5.74) is 5.09. The average molecular weight is 601 g/mol. The van der Waals surface area contributed by atoms with Crippen LogP contribution in [0.3, 0.4) is 0 Å². The fourth-order valence-corrected chi connectivity index (χ4v) is 7.15. The summed E-state index contributed by atoms with van der Waals surface area (Å²) in [5, 5.41) is 0. The van der Waals surface area contributed by atoms with Gasteiger partial charge in [0, 0.05) is 43.5 Å². The third-order valence-corrected chi connectivity index (χ3v) is 9.07. The number of aromatic nitrogens is 1. The number of carbonyl (C=O) groups excluding carboxylic acids is 4. The van der Waals surface area contributed by atoms with E-state index < -0.39 is 23.4 Å². The van der Waals surface area contributed by atoms with Gasteiger partial charge in [-0.15, -0.1) is 0 Å². The zero-order chi connectivity index (χ0) is 31.3. The Hall–Kier alpha value is -5.57. The van der Waals surface area contributed by atoms with Crippen molar-refractivity contribution in [3.8, 4) is 11.1 Å². The van der Waals surface area contributed by atoms with Crippen molar-refractivity contribution >= 4 is 29.3 Å². The van der Waals surface area contributed by atoms with Gasteiger partial charge < -0.3 is 14.4 Å². The Labute approximate surface area is 260 Å². The average Bonchev–Trinajstić information content (AvgIpc) is 3.68. The quantitative estimate of drug-likeness (QED) is 0.233. The molecule has 45 heavy (non-hydrogen) atoms. The van der Waals surface area contributed by atoms with Gasteiger partial charge in [-0.3, -0.25) is 14.5 Å². The molecule has 1 spiro atoms. The number of rotatable bonds is 7. The highest BCUT2D eigenvalue weighted by Crippen LogP contribution is 2.61. The molecule has 0 bridgehead atoms. The van der Waals surface area contributed by atoms with Crippen molar-refractivity contribution in [2.45, 2.75) is 24.4 Å². The topological polar surface area (TPSA) is 97.1 Å². The highest BCUT2D eigenvalue weighted by atomic mass is 16.5. The molecule has 0 saturated carbocycles. The van der Waals surface area contributed by atoms with Crippen LogP contribution in [0.2, 0.25) is 0 Å². The van der Waals surface area contributed by atoms with Crippen molar-refractivity contribution in [3.05, 3.63) is 132 Å². The third kappa shape index (κ3) is 4.18. The first-order chi connectivity index (χ1) is 21.9. The molecule has 4 aliphatic rings. The molecule has 0 N–H and O–H groups in total. The Morgan fingerprint density at radius 1 is 0.822 bits per heavy atom.